The number of likely N-dealkylation sites (tertiary alicyclic amines) is 1. The average molecular weight is 374 g/mol. The van der Waals surface area contributed by atoms with Gasteiger partial charge in [-0.2, -0.15) is 5.10 Å². The third-order valence-electron chi connectivity index (χ3n) is 5.55. The van der Waals surface area contributed by atoms with Gasteiger partial charge in [-0.25, -0.2) is 9.67 Å². The van der Waals surface area contributed by atoms with Crippen molar-refractivity contribution in [1.82, 2.24) is 19.7 Å². The van der Waals surface area contributed by atoms with Crippen molar-refractivity contribution < 1.29 is 4.42 Å². The predicted octanol–water partition coefficient (Wildman–Crippen LogP) is 3.68. The third kappa shape index (κ3) is 2.99. The molecule has 1 aliphatic rings. The van der Waals surface area contributed by atoms with Crippen LogP contribution in [0.5, 0.6) is 0 Å². The van der Waals surface area contributed by atoms with Crippen molar-refractivity contribution in [3.8, 4) is 0 Å². The molecule has 0 bridgehead atoms. The van der Waals surface area contributed by atoms with Gasteiger partial charge in [0.05, 0.1) is 17.7 Å². The van der Waals surface area contributed by atoms with E-state index in [1.165, 1.54) is 0 Å². The zero-order chi connectivity index (χ0) is 19.1. The summed E-state index contributed by atoms with van der Waals surface area (Å²) in [4.78, 5) is 19.8. The largest absolute Gasteiger partial charge is 0.440 e. The second kappa shape index (κ2) is 6.87. The molecule has 6 heteroatoms. The van der Waals surface area contributed by atoms with Crippen molar-refractivity contribution >= 4 is 21.9 Å². The summed E-state index contributed by atoms with van der Waals surface area (Å²) in [6.45, 7) is 4.19. The molecule has 0 unspecified atom stereocenters. The second-order valence-electron chi connectivity index (χ2n) is 7.51. The Morgan fingerprint density at radius 1 is 1.11 bits per heavy atom. The molecule has 142 valence electrons. The first-order chi connectivity index (χ1) is 13.7. The molecule has 1 atom stereocenters. The number of hydrogen-bond acceptors (Lipinski definition) is 5. The van der Waals surface area contributed by atoms with Crippen LogP contribution in [0, 0.1) is 6.92 Å². The van der Waals surface area contributed by atoms with Crippen LogP contribution in [-0.2, 0) is 6.67 Å². The van der Waals surface area contributed by atoms with Gasteiger partial charge in [-0.15, -0.1) is 0 Å². The van der Waals surface area contributed by atoms with Crippen molar-refractivity contribution in [3.63, 3.8) is 0 Å². The summed E-state index contributed by atoms with van der Waals surface area (Å²) in [5.74, 6) is 1.03. The molecule has 1 fully saturated rings. The SMILES string of the molecule is Cc1nn(CN2CCC[C@@H](c3nc4ccccc4o3)C2)c(=O)c2ccccc12. The molecule has 0 aliphatic carbocycles. The smallest absolute Gasteiger partial charge is 0.275 e. The molecule has 1 saturated heterocycles. The summed E-state index contributed by atoms with van der Waals surface area (Å²) < 4.78 is 7.57. The lowest BCUT2D eigenvalue weighted by Gasteiger charge is -2.31. The minimum Gasteiger partial charge on any atom is -0.440 e. The van der Waals surface area contributed by atoms with Crippen LogP contribution < -0.4 is 5.56 Å². The first kappa shape index (κ1) is 17.1. The number of rotatable bonds is 3. The van der Waals surface area contributed by atoms with E-state index in [-0.39, 0.29) is 11.5 Å². The van der Waals surface area contributed by atoms with Crippen LogP contribution in [-0.4, -0.2) is 32.8 Å². The maximum absolute atomic E-state index is 12.9. The number of para-hydroxylation sites is 2. The fraction of sp³-hybridized carbons (Fsp3) is 0.318. The zero-order valence-corrected chi connectivity index (χ0v) is 15.8. The molecule has 1 aliphatic heterocycles. The summed E-state index contributed by atoms with van der Waals surface area (Å²) in [5, 5.41) is 6.20. The van der Waals surface area contributed by atoms with Gasteiger partial charge in [0.25, 0.3) is 5.56 Å². The molecule has 6 nitrogen and oxygen atoms in total. The number of aromatic nitrogens is 3. The van der Waals surface area contributed by atoms with Crippen LogP contribution in [0.2, 0.25) is 0 Å². The highest BCUT2D eigenvalue weighted by atomic mass is 16.3. The standard InChI is InChI=1S/C22H22N4O2/c1-15-17-8-2-3-9-18(17)22(27)26(24-15)14-25-12-6-7-16(13-25)21-23-19-10-4-5-11-20(19)28-21/h2-5,8-11,16H,6-7,12-14H2,1H3/t16-/m1/s1. The predicted molar refractivity (Wildman–Crippen MR) is 108 cm³/mol. The number of benzene rings is 2. The highest BCUT2D eigenvalue weighted by Crippen LogP contribution is 2.29. The van der Waals surface area contributed by atoms with Crippen LogP contribution in [0.25, 0.3) is 21.9 Å². The van der Waals surface area contributed by atoms with Crippen molar-refractivity contribution in [2.75, 3.05) is 13.1 Å². The quantitative estimate of drug-likeness (QED) is 0.547. The van der Waals surface area contributed by atoms with Gasteiger partial charge in [0.15, 0.2) is 11.5 Å². The number of fused-ring (bicyclic) bond motifs is 2. The Morgan fingerprint density at radius 2 is 1.89 bits per heavy atom. The van der Waals surface area contributed by atoms with E-state index in [1.54, 1.807) is 4.68 Å². The first-order valence-electron chi connectivity index (χ1n) is 9.73. The molecule has 3 heterocycles. The summed E-state index contributed by atoms with van der Waals surface area (Å²) in [7, 11) is 0. The van der Waals surface area contributed by atoms with E-state index in [1.807, 2.05) is 55.5 Å². The molecular formula is C22H22N4O2. The normalized spacial score (nSPS) is 18.1. The monoisotopic (exact) mass is 374 g/mol. The lowest BCUT2D eigenvalue weighted by molar-refractivity contribution is 0.145. The maximum Gasteiger partial charge on any atom is 0.275 e. The van der Waals surface area contributed by atoms with E-state index in [2.05, 4.69) is 15.0 Å². The van der Waals surface area contributed by atoms with Crippen LogP contribution in [0.4, 0.5) is 0 Å². The average Bonchev–Trinajstić information content (AvgIpc) is 3.16. The van der Waals surface area contributed by atoms with E-state index in [9.17, 15) is 4.79 Å². The summed E-state index contributed by atoms with van der Waals surface area (Å²) in [5.41, 5.74) is 2.57. The van der Waals surface area contributed by atoms with Crippen LogP contribution in [0.15, 0.2) is 57.7 Å². The van der Waals surface area contributed by atoms with E-state index < -0.39 is 0 Å². The van der Waals surface area contributed by atoms with Gasteiger partial charge in [0.2, 0.25) is 0 Å². The van der Waals surface area contributed by atoms with E-state index in [0.717, 1.165) is 59.4 Å². The van der Waals surface area contributed by atoms with Crippen molar-refractivity contribution in [3.05, 3.63) is 70.5 Å². The summed E-state index contributed by atoms with van der Waals surface area (Å²) >= 11 is 0. The van der Waals surface area contributed by atoms with Gasteiger partial charge in [-0.05, 0) is 44.5 Å². The molecule has 2 aromatic heterocycles. The number of piperidine rings is 1. The van der Waals surface area contributed by atoms with Gasteiger partial charge in [-0.3, -0.25) is 9.69 Å². The van der Waals surface area contributed by atoms with Crippen molar-refractivity contribution in [1.29, 1.82) is 0 Å². The number of oxazole rings is 1. The van der Waals surface area contributed by atoms with E-state index in [0.29, 0.717) is 6.67 Å². The molecule has 0 radical (unpaired) electrons. The molecule has 0 N–H and O–H groups in total. The molecular weight excluding hydrogens is 352 g/mol. The Morgan fingerprint density at radius 3 is 2.75 bits per heavy atom. The molecule has 0 spiro atoms. The lowest BCUT2D eigenvalue weighted by atomic mass is 9.98. The van der Waals surface area contributed by atoms with Crippen LogP contribution in [0.1, 0.15) is 30.3 Å². The van der Waals surface area contributed by atoms with Gasteiger partial charge in [-0.1, -0.05) is 30.3 Å². The van der Waals surface area contributed by atoms with E-state index in [4.69, 9.17) is 4.42 Å². The van der Waals surface area contributed by atoms with Gasteiger partial charge in [0, 0.05) is 17.8 Å². The number of nitrogens with zero attached hydrogens (tertiary/aromatic N) is 4. The van der Waals surface area contributed by atoms with Crippen LogP contribution in [0.3, 0.4) is 0 Å². The molecule has 0 amide bonds. The van der Waals surface area contributed by atoms with E-state index >= 15 is 0 Å². The fourth-order valence-electron chi connectivity index (χ4n) is 4.14. The summed E-state index contributed by atoms with van der Waals surface area (Å²) in [6, 6.07) is 15.5. The number of aryl methyl sites for hydroxylation is 1. The molecule has 5 rings (SSSR count). The maximum atomic E-state index is 12.9. The zero-order valence-electron chi connectivity index (χ0n) is 15.8. The highest BCUT2D eigenvalue weighted by Gasteiger charge is 2.26. The van der Waals surface area contributed by atoms with Gasteiger partial charge < -0.3 is 4.42 Å². The minimum absolute atomic E-state index is 0.0369. The Kier molecular flexibility index (Phi) is 4.20. The Labute approximate surface area is 162 Å². The third-order valence-corrected chi connectivity index (χ3v) is 5.55. The Bertz CT molecular complexity index is 1180. The van der Waals surface area contributed by atoms with Crippen molar-refractivity contribution in [2.45, 2.75) is 32.4 Å². The minimum atomic E-state index is -0.0369. The highest BCUT2D eigenvalue weighted by molar-refractivity contribution is 5.83. The second-order valence-corrected chi connectivity index (χ2v) is 7.51. The van der Waals surface area contributed by atoms with Gasteiger partial charge >= 0.3 is 0 Å². The molecule has 28 heavy (non-hydrogen) atoms. The first-order valence-corrected chi connectivity index (χ1v) is 9.73. The topological polar surface area (TPSA) is 64.2 Å². The summed E-state index contributed by atoms with van der Waals surface area (Å²) in [6.07, 6.45) is 2.09. The van der Waals surface area contributed by atoms with Crippen LogP contribution >= 0.6 is 0 Å². The lowest BCUT2D eigenvalue weighted by Crippen LogP contribution is -2.39. The molecule has 2 aromatic carbocycles. The van der Waals surface area contributed by atoms with Crippen molar-refractivity contribution in [2.24, 2.45) is 0 Å². The molecule has 0 saturated carbocycles. The number of hydrogen-bond donors (Lipinski definition) is 0. The Balaban J connectivity index is 1.41. The molecule has 4 aromatic rings. The Hall–Kier alpha value is -2.99. The van der Waals surface area contributed by atoms with Gasteiger partial charge in [0.1, 0.15) is 5.52 Å². The fourth-order valence-corrected chi connectivity index (χ4v) is 4.14.